The number of nitrogens with zero attached hydrogens (tertiary/aromatic N) is 5. The summed E-state index contributed by atoms with van der Waals surface area (Å²) < 4.78 is 1.88. The largest absolute Gasteiger partial charge is 0.308 e. The Morgan fingerprint density at radius 3 is 2.79 bits per heavy atom. The van der Waals surface area contributed by atoms with Gasteiger partial charge in [-0.3, -0.25) is 4.68 Å². The van der Waals surface area contributed by atoms with Gasteiger partial charge >= 0.3 is 0 Å². The first kappa shape index (κ1) is 14.4. The van der Waals surface area contributed by atoms with Crippen molar-refractivity contribution in [1.29, 1.82) is 0 Å². The normalized spacial score (nSPS) is 24.3. The number of nitrogens with one attached hydrogen (secondary N) is 1. The quantitative estimate of drug-likeness (QED) is 0.838. The molecule has 2 unspecified atom stereocenters. The van der Waals surface area contributed by atoms with Crippen molar-refractivity contribution in [3.05, 3.63) is 11.9 Å². The van der Waals surface area contributed by atoms with Gasteiger partial charge in [-0.1, -0.05) is 12.1 Å². The Balaban J connectivity index is 2.23. The summed E-state index contributed by atoms with van der Waals surface area (Å²) in [5.41, 5.74) is 1.16. The monoisotopic (exact) mass is 266 g/mol. The first-order valence-electron chi connectivity index (χ1n) is 7.10. The molecule has 0 aromatic carbocycles. The van der Waals surface area contributed by atoms with Crippen LogP contribution in [0.4, 0.5) is 0 Å². The van der Waals surface area contributed by atoms with Gasteiger partial charge in [-0.15, -0.1) is 5.10 Å². The summed E-state index contributed by atoms with van der Waals surface area (Å²) in [6, 6.07) is 0.722. The molecular weight excluding hydrogens is 240 g/mol. The minimum atomic E-state index is 0.274. The van der Waals surface area contributed by atoms with Crippen LogP contribution >= 0.6 is 0 Å². The highest BCUT2D eigenvalue weighted by atomic mass is 15.4. The predicted molar refractivity (Wildman–Crippen MR) is 76.0 cm³/mol. The molecule has 1 saturated heterocycles. The van der Waals surface area contributed by atoms with E-state index in [1.165, 1.54) is 13.0 Å². The molecule has 1 aromatic heterocycles. The van der Waals surface area contributed by atoms with Crippen molar-refractivity contribution in [3.63, 3.8) is 0 Å². The van der Waals surface area contributed by atoms with Crippen LogP contribution in [0.5, 0.6) is 0 Å². The zero-order valence-corrected chi connectivity index (χ0v) is 12.5. The molecule has 0 spiro atoms. The second-order valence-electron chi connectivity index (χ2n) is 5.48. The van der Waals surface area contributed by atoms with E-state index in [0.717, 1.165) is 25.3 Å². The minimum absolute atomic E-state index is 0.274. The van der Waals surface area contributed by atoms with Gasteiger partial charge in [-0.05, 0) is 40.2 Å². The number of rotatable bonds is 4. The summed E-state index contributed by atoms with van der Waals surface area (Å²) in [5.74, 6) is 0. The van der Waals surface area contributed by atoms with Crippen LogP contribution in [0, 0.1) is 0 Å². The fourth-order valence-corrected chi connectivity index (χ4v) is 2.90. The van der Waals surface area contributed by atoms with Gasteiger partial charge in [0.1, 0.15) is 0 Å². The number of likely N-dealkylation sites (N-methyl/N-ethyl adjacent to an activating group) is 3. The Kier molecular flexibility index (Phi) is 4.90. The molecule has 1 fully saturated rings. The van der Waals surface area contributed by atoms with Crippen LogP contribution < -0.4 is 5.32 Å². The molecule has 2 rings (SSSR count). The van der Waals surface area contributed by atoms with Crippen LogP contribution in [0.2, 0.25) is 0 Å². The number of hydrogen-bond acceptors (Lipinski definition) is 5. The summed E-state index contributed by atoms with van der Waals surface area (Å²) in [6.45, 7) is 6.48. The van der Waals surface area contributed by atoms with Gasteiger partial charge in [0, 0.05) is 19.6 Å². The van der Waals surface area contributed by atoms with Crippen LogP contribution in [-0.4, -0.2) is 71.1 Å². The second-order valence-corrected chi connectivity index (χ2v) is 5.48. The smallest absolute Gasteiger partial charge is 0.0769 e. The highest BCUT2D eigenvalue weighted by molar-refractivity contribution is 5.07. The van der Waals surface area contributed by atoms with Crippen LogP contribution in [0.1, 0.15) is 25.1 Å². The lowest BCUT2D eigenvalue weighted by Gasteiger charge is -2.34. The molecule has 108 valence electrons. The molecule has 0 saturated carbocycles. The van der Waals surface area contributed by atoms with Crippen LogP contribution in [0.15, 0.2) is 6.20 Å². The second kappa shape index (κ2) is 6.45. The van der Waals surface area contributed by atoms with E-state index in [-0.39, 0.29) is 6.04 Å². The van der Waals surface area contributed by atoms with Crippen molar-refractivity contribution in [2.45, 2.75) is 25.4 Å². The Morgan fingerprint density at radius 2 is 2.16 bits per heavy atom. The average Bonchev–Trinajstić information content (AvgIpc) is 2.71. The van der Waals surface area contributed by atoms with Gasteiger partial charge in [-0.2, -0.15) is 0 Å². The van der Waals surface area contributed by atoms with E-state index in [1.807, 2.05) is 17.9 Å². The lowest BCUT2D eigenvalue weighted by Crippen LogP contribution is -2.47. The van der Waals surface area contributed by atoms with E-state index in [0.29, 0.717) is 6.04 Å². The van der Waals surface area contributed by atoms with E-state index in [2.05, 4.69) is 46.4 Å². The topological polar surface area (TPSA) is 49.2 Å². The van der Waals surface area contributed by atoms with E-state index < -0.39 is 0 Å². The van der Waals surface area contributed by atoms with Crippen molar-refractivity contribution < 1.29 is 0 Å². The van der Waals surface area contributed by atoms with Crippen LogP contribution in [0.3, 0.4) is 0 Å². The Bertz CT molecular complexity index is 390. The molecule has 2 atom stereocenters. The molecule has 6 heteroatoms. The van der Waals surface area contributed by atoms with Crippen molar-refractivity contribution >= 4 is 0 Å². The molecule has 0 bridgehead atoms. The average molecular weight is 266 g/mol. The third-order valence-electron chi connectivity index (χ3n) is 3.99. The van der Waals surface area contributed by atoms with Crippen molar-refractivity contribution in [3.8, 4) is 0 Å². The molecule has 0 amide bonds. The maximum absolute atomic E-state index is 4.08. The van der Waals surface area contributed by atoms with Crippen molar-refractivity contribution in [2.75, 3.05) is 40.3 Å². The Morgan fingerprint density at radius 1 is 1.37 bits per heavy atom. The van der Waals surface area contributed by atoms with Gasteiger partial charge in [0.15, 0.2) is 0 Å². The van der Waals surface area contributed by atoms with Crippen LogP contribution in [0.25, 0.3) is 0 Å². The molecule has 1 aliphatic rings. The maximum atomic E-state index is 4.08. The van der Waals surface area contributed by atoms with Crippen LogP contribution in [-0.2, 0) is 7.05 Å². The number of aromatic nitrogens is 3. The summed E-state index contributed by atoms with van der Waals surface area (Å²) in [5, 5.41) is 11.7. The molecule has 19 heavy (non-hydrogen) atoms. The molecule has 0 radical (unpaired) electrons. The van der Waals surface area contributed by atoms with Gasteiger partial charge in [0.2, 0.25) is 0 Å². The highest BCUT2D eigenvalue weighted by Crippen LogP contribution is 2.22. The predicted octanol–water partition coefficient (Wildman–Crippen LogP) is 0.102. The first-order valence-corrected chi connectivity index (χ1v) is 7.10. The van der Waals surface area contributed by atoms with Gasteiger partial charge in [0.25, 0.3) is 0 Å². The Labute approximate surface area is 115 Å². The summed E-state index contributed by atoms with van der Waals surface area (Å²) >= 11 is 0. The van der Waals surface area contributed by atoms with E-state index in [1.54, 1.807) is 0 Å². The van der Waals surface area contributed by atoms with E-state index in [9.17, 15) is 0 Å². The minimum Gasteiger partial charge on any atom is -0.308 e. The fourth-order valence-electron chi connectivity index (χ4n) is 2.90. The molecule has 1 aromatic rings. The standard InChI is InChI=1S/C13H26N6/c1-5-14-13(11-9-15-16-19(11)4)12-10-17(2)7-6-8-18(12)3/h9,12-14H,5-8,10H2,1-4H3. The molecule has 1 N–H and O–H groups in total. The maximum Gasteiger partial charge on any atom is 0.0769 e. The van der Waals surface area contributed by atoms with Gasteiger partial charge < -0.3 is 15.1 Å². The zero-order valence-electron chi connectivity index (χ0n) is 12.5. The summed E-state index contributed by atoms with van der Waals surface area (Å²) in [4.78, 5) is 4.88. The lowest BCUT2D eigenvalue weighted by atomic mass is 10.0. The number of hydrogen-bond donors (Lipinski definition) is 1. The summed E-state index contributed by atoms with van der Waals surface area (Å²) in [7, 11) is 6.39. The molecule has 0 aliphatic carbocycles. The van der Waals surface area contributed by atoms with Gasteiger partial charge in [-0.25, -0.2) is 0 Å². The first-order chi connectivity index (χ1) is 9.13. The Hall–Kier alpha value is -0.980. The molecular formula is C13H26N6. The lowest BCUT2D eigenvalue weighted by molar-refractivity contribution is 0.175. The SMILES string of the molecule is CCNC(c1cnnn1C)C1CN(C)CCCN1C. The van der Waals surface area contributed by atoms with E-state index >= 15 is 0 Å². The molecule has 6 nitrogen and oxygen atoms in total. The van der Waals surface area contributed by atoms with E-state index in [4.69, 9.17) is 0 Å². The fraction of sp³-hybridized carbons (Fsp3) is 0.846. The van der Waals surface area contributed by atoms with Crippen molar-refractivity contribution in [2.24, 2.45) is 7.05 Å². The third kappa shape index (κ3) is 3.32. The molecule has 2 heterocycles. The molecule has 1 aliphatic heterocycles. The summed E-state index contributed by atoms with van der Waals surface area (Å²) in [6.07, 6.45) is 3.11. The van der Waals surface area contributed by atoms with Gasteiger partial charge in [0.05, 0.1) is 17.9 Å². The third-order valence-corrected chi connectivity index (χ3v) is 3.99. The number of aryl methyl sites for hydroxylation is 1. The van der Waals surface area contributed by atoms with Crippen molar-refractivity contribution in [1.82, 2.24) is 30.1 Å². The zero-order chi connectivity index (χ0) is 13.8. The highest BCUT2D eigenvalue weighted by Gasteiger charge is 2.30.